The minimum Gasteiger partial charge on any atom is -1.00 e. The summed E-state index contributed by atoms with van der Waals surface area (Å²) in [6.07, 6.45) is 7.73. The Balaban J connectivity index is 0.00000169. The second kappa shape index (κ2) is 9.21. The highest BCUT2D eigenvalue weighted by Crippen LogP contribution is 2.21. The Morgan fingerprint density at radius 1 is 0.654 bits per heavy atom. The lowest BCUT2D eigenvalue weighted by Gasteiger charge is -1.92. The fraction of sp³-hybridized carbons (Fsp3) is 0.250. The van der Waals surface area contributed by atoms with Gasteiger partial charge >= 0.3 is 11.9 Å². The summed E-state index contributed by atoms with van der Waals surface area (Å²) in [6.45, 7) is 0. The number of azo groups is 2. The minimum atomic E-state index is 0. The second-order valence-corrected chi connectivity index (χ2v) is 5.56. The van der Waals surface area contributed by atoms with E-state index in [1.165, 1.54) is 0 Å². The number of benzene rings is 1. The topological polar surface area (TPSA) is 67.1 Å². The Bertz CT molecular complexity index is 795. The fourth-order valence-electron chi connectivity index (χ4n) is 2.24. The number of rotatable bonds is 4. The van der Waals surface area contributed by atoms with Crippen molar-refractivity contribution in [2.24, 2.45) is 48.6 Å². The number of hydrogen-bond acceptors (Lipinski definition) is 4. The van der Waals surface area contributed by atoms with Crippen molar-refractivity contribution in [1.82, 2.24) is 9.13 Å². The Labute approximate surface area is 164 Å². The molecule has 2 heterocycles. The molecule has 8 nitrogen and oxygen atoms in total. The van der Waals surface area contributed by atoms with E-state index >= 15 is 0 Å². The van der Waals surface area contributed by atoms with E-state index in [1.807, 2.05) is 95.5 Å². The summed E-state index contributed by atoms with van der Waals surface area (Å²) >= 11 is 0. The molecule has 0 N–H and O–H groups in total. The van der Waals surface area contributed by atoms with Gasteiger partial charge in [-0.05, 0) is 24.3 Å². The molecular formula is C16H20Cl2N8. The van der Waals surface area contributed by atoms with Gasteiger partial charge in [0.15, 0.2) is 0 Å². The molecule has 0 amide bonds. The Kier molecular flexibility index (Phi) is 7.60. The molecule has 26 heavy (non-hydrogen) atoms. The molecule has 0 aliphatic carbocycles. The monoisotopic (exact) mass is 394 g/mol. The highest BCUT2D eigenvalue weighted by atomic mass is 35.5. The standard InChI is InChI=1S/C16H20N8.2ClH/c1-21-9-10-22(2)15(21)19-17-13-5-7-14(8-6-13)18-20-16-23(3)11-12-24(16)4;;/h5-12H,1-4H3;2*1H/q+2;;/p-2. The van der Waals surface area contributed by atoms with Crippen LogP contribution in [0.1, 0.15) is 0 Å². The van der Waals surface area contributed by atoms with Crippen LogP contribution in [0.5, 0.6) is 0 Å². The zero-order valence-corrected chi connectivity index (χ0v) is 16.5. The number of nitrogens with zero attached hydrogens (tertiary/aromatic N) is 8. The molecule has 0 aliphatic rings. The van der Waals surface area contributed by atoms with Crippen molar-refractivity contribution in [3.8, 4) is 0 Å². The Morgan fingerprint density at radius 3 is 1.27 bits per heavy atom. The number of aromatic nitrogens is 4. The van der Waals surface area contributed by atoms with Gasteiger partial charge in [-0.2, -0.15) is 0 Å². The van der Waals surface area contributed by atoms with Crippen molar-refractivity contribution in [1.29, 1.82) is 0 Å². The van der Waals surface area contributed by atoms with Crippen LogP contribution < -0.4 is 33.9 Å². The summed E-state index contributed by atoms with van der Waals surface area (Å²) in [5, 5.41) is 17.0. The first-order chi connectivity index (χ1) is 11.5. The van der Waals surface area contributed by atoms with Gasteiger partial charge in [0, 0.05) is 10.2 Å². The van der Waals surface area contributed by atoms with Crippen molar-refractivity contribution < 1.29 is 33.9 Å². The van der Waals surface area contributed by atoms with E-state index < -0.39 is 0 Å². The third-order valence-electron chi connectivity index (χ3n) is 3.65. The van der Waals surface area contributed by atoms with Gasteiger partial charge in [0.05, 0.1) is 53.0 Å². The average Bonchev–Trinajstić information content (AvgIpc) is 3.07. The highest BCUT2D eigenvalue weighted by molar-refractivity contribution is 5.46. The molecule has 3 aromatic rings. The van der Waals surface area contributed by atoms with E-state index in [-0.39, 0.29) is 24.8 Å². The van der Waals surface area contributed by atoms with Crippen molar-refractivity contribution in [3.05, 3.63) is 49.1 Å². The number of halogens is 2. The van der Waals surface area contributed by atoms with Crippen LogP contribution in [0.3, 0.4) is 0 Å². The summed E-state index contributed by atoms with van der Waals surface area (Å²) < 4.78 is 7.63. The summed E-state index contributed by atoms with van der Waals surface area (Å²) in [5.41, 5.74) is 1.53. The fourth-order valence-corrected chi connectivity index (χ4v) is 2.24. The smallest absolute Gasteiger partial charge is 0.421 e. The summed E-state index contributed by atoms with van der Waals surface area (Å²) in [7, 11) is 7.73. The number of imidazole rings is 2. The molecule has 2 aromatic heterocycles. The Hall–Kier alpha value is -2.58. The molecule has 0 unspecified atom stereocenters. The second-order valence-electron chi connectivity index (χ2n) is 5.56. The summed E-state index contributed by atoms with van der Waals surface area (Å²) in [4.78, 5) is 0. The lowest BCUT2D eigenvalue weighted by molar-refractivity contribution is -0.657. The first kappa shape index (κ1) is 21.5. The Morgan fingerprint density at radius 2 is 1.00 bits per heavy atom. The van der Waals surface area contributed by atoms with Crippen LogP contribution in [-0.2, 0) is 28.2 Å². The molecular weight excluding hydrogens is 375 g/mol. The van der Waals surface area contributed by atoms with Crippen LogP contribution in [0.15, 0.2) is 69.5 Å². The predicted octanol–water partition coefficient (Wildman–Crippen LogP) is -3.15. The van der Waals surface area contributed by atoms with Crippen LogP contribution in [0.25, 0.3) is 0 Å². The van der Waals surface area contributed by atoms with Gasteiger partial charge in [-0.3, -0.25) is 0 Å². The molecule has 10 heteroatoms. The van der Waals surface area contributed by atoms with Crippen LogP contribution in [-0.4, -0.2) is 9.13 Å². The molecule has 0 bridgehead atoms. The molecule has 1 aromatic carbocycles. The van der Waals surface area contributed by atoms with E-state index in [9.17, 15) is 0 Å². The van der Waals surface area contributed by atoms with Crippen molar-refractivity contribution >= 4 is 23.3 Å². The first-order valence-electron chi connectivity index (χ1n) is 7.50. The van der Waals surface area contributed by atoms with Crippen LogP contribution in [0.2, 0.25) is 0 Å². The van der Waals surface area contributed by atoms with Crippen LogP contribution in [0, 0.1) is 0 Å². The zero-order chi connectivity index (χ0) is 17.1. The summed E-state index contributed by atoms with van der Waals surface area (Å²) in [5.74, 6) is 1.55. The van der Waals surface area contributed by atoms with Gasteiger partial charge < -0.3 is 24.8 Å². The van der Waals surface area contributed by atoms with E-state index in [0.717, 1.165) is 23.3 Å². The molecule has 138 valence electrons. The largest absolute Gasteiger partial charge is 1.00 e. The van der Waals surface area contributed by atoms with Crippen molar-refractivity contribution in [3.63, 3.8) is 0 Å². The third kappa shape index (κ3) is 4.74. The maximum atomic E-state index is 4.27. The summed E-state index contributed by atoms with van der Waals surface area (Å²) in [6, 6.07) is 7.47. The van der Waals surface area contributed by atoms with Gasteiger partial charge in [-0.15, -0.1) is 0 Å². The maximum Gasteiger partial charge on any atom is 0.421 e. The molecule has 0 atom stereocenters. The molecule has 3 rings (SSSR count). The van der Waals surface area contributed by atoms with Crippen LogP contribution in [0.4, 0.5) is 23.3 Å². The number of aryl methyl sites for hydroxylation is 4. The third-order valence-corrected chi connectivity index (χ3v) is 3.65. The molecule has 0 radical (unpaired) electrons. The van der Waals surface area contributed by atoms with Gasteiger partial charge in [0.25, 0.3) is 0 Å². The van der Waals surface area contributed by atoms with Gasteiger partial charge in [-0.25, -0.2) is 18.3 Å². The van der Waals surface area contributed by atoms with Gasteiger partial charge in [-0.1, -0.05) is 10.2 Å². The van der Waals surface area contributed by atoms with E-state index in [0.29, 0.717) is 0 Å². The molecule has 0 saturated carbocycles. The van der Waals surface area contributed by atoms with E-state index in [2.05, 4.69) is 20.5 Å². The quantitative estimate of drug-likeness (QED) is 0.331. The van der Waals surface area contributed by atoms with E-state index in [1.54, 1.807) is 0 Å². The minimum absolute atomic E-state index is 0. The normalized spacial score (nSPS) is 10.9. The average molecular weight is 395 g/mol. The zero-order valence-electron chi connectivity index (χ0n) is 15.0. The molecule has 0 aliphatic heterocycles. The molecule has 0 fully saturated rings. The van der Waals surface area contributed by atoms with Crippen molar-refractivity contribution in [2.45, 2.75) is 0 Å². The SMILES string of the molecule is Cn1cc[n+](C)c1N=Nc1ccc(N=Nc2n(C)cc[n+]2C)cc1.[Cl-].[Cl-]. The molecule has 0 saturated heterocycles. The van der Waals surface area contributed by atoms with E-state index in [4.69, 9.17) is 0 Å². The van der Waals surface area contributed by atoms with Crippen LogP contribution >= 0.6 is 0 Å². The lowest BCUT2D eigenvalue weighted by atomic mass is 10.3. The predicted molar refractivity (Wildman–Crippen MR) is 88.0 cm³/mol. The van der Waals surface area contributed by atoms with Gasteiger partial charge in [0.1, 0.15) is 11.4 Å². The molecule has 0 spiro atoms. The number of hydrogen-bond donors (Lipinski definition) is 0. The lowest BCUT2D eigenvalue weighted by Crippen LogP contribution is -3.00. The van der Waals surface area contributed by atoms with Gasteiger partial charge in [0.2, 0.25) is 0 Å². The highest BCUT2D eigenvalue weighted by Gasteiger charge is 2.11. The van der Waals surface area contributed by atoms with Crippen molar-refractivity contribution in [2.75, 3.05) is 0 Å². The first-order valence-corrected chi connectivity index (χ1v) is 7.50. The maximum absolute atomic E-state index is 4.27.